The zero-order valence-corrected chi connectivity index (χ0v) is 20.4. The normalized spacial score (nSPS) is 11.0. The first-order valence-electron chi connectivity index (χ1n) is 10.3. The van der Waals surface area contributed by atoms with Gasteiger partial charge in [0, 0.05) is 5.69 Å². The first kappa shape index (κ1) is 28.1. The van der Waals surface area contributed by atoms with E-state index in [1.54, 1.807) is 6.92 Å². The average Bonchev–Trinajstić information content (AvgIpc) is 2.81. The summed E-state index contributed by atoms with van der Waals surface area (Å²) in [5.41, 5.74) is -1.40. The summed E-state index contributed by atoms with van der Waals surface area (Å²) in [7, 11) is -2.07. The fraction of sp³-hybridized carbons (Fsp3) is 0.217. The number of amides is 1. The van der Waals surface area contributed by atoms with E-state index in [1.165, 1.54) is 30.3 Å². The van der Waals surface area contributed by atoms with Crippen LogP contribution >= 0.6 is 11.6 Å². The van der Waals surface area contributed by atoms with E-state index in [0.29, 0.717) is 12.0 Å². The highest BCUT2D eigenvalue weighted by Crippen LogP contribution is 2.38. The molecular formula is C23H21ClF4N3O3S-. The van der Waals surface area contributed by atoms with Crippen molar-refractivity contribution in [3.05, 3.63) is 76.2 Å². The van der Waals surface area contributed by atoms with Gasteiger partial charge < -0.3 is 19.0 Å². The van der Waals surface area contributed by atoms with Crippen molar-refractivity contribution in [3.63, 3.8) is 0 Å². The quantitative estimate of drug-likeness (QED) is 0.253. The second-order valence-corrected chi connectivity index (χ2v) is 8.04. The van der Waals surface area contributed by atoms with Gasteiger partial charge in [-0.1, -0.05) is 55.5 Å². The van der Waals surface area contributed by atoms with E-state index >= 15 is 0 Å². The van der Waals surface area contributed by atoms with Crippen LogP contribution in [0.5, 0.6) is 11.6 Å². The molecule has 1 aromatic heterocycles. The summed E-state index contributed by atoms with van der Waals surface area (Å²) in [4.78, 5) is 16.4. The number of hydrogen-bond acceptors (Lipinski definition) is 6. The number of carbonyl (C=O) groups is 1. The molecule has 1 amide bonds. The molecule has 12 heteroatoms. The van der Waals surface area contributed by atoms with Gasteiger partial charge in [-0.3, -0.25) is 4.79 Å². The molecule has 0 saturated carbocycles. The molecule has 0 aliphatic heterocycles. The monoisotopic (exact) mass is 530 g/mol. The summed E-state index contributed by atoms with van der Waals surface area (Å²) >= 11 is 5.75. The SMILES string of the molecule is CC.CCc1cc(F)ccc1Oc1nc(C(F)(F)F)c(Cl)cc1C(=O)Nc1cccc([S-](=N)=O)c1. The Kier molecular flexibility index (Phi) is 9.61. The predicted molar refractivity (Wildman–Crippen MR) is 125 cm³/mol. The van der Waals surface area contributed by atoms with E-state index in [2.05, 4.69) is 10.3 Å². The number of nitrogens with one attached hydrogen (secondary N) is 2. The van der Waals surface area contributed by atoms with Crippen LogP contribution in [-0.4, -0.2) is 10.9 Å². The molecule has 0 bridgehead atoms. The van der Waals surface area contributed by atoms with Gasteiger partial charge in [0.1, 0.15) is 17.1 Å². The van der Waals surface area contributed by atoms with E-state index < -0.39 is 50.7 Å². The molecule has 0 radical (unpaired) electrons. The van der Waals surface area contributed by atoms with Crippen LogP contribution < -0.4 is 10.1 Å². The van der Waals surface area contributed by atoms with Gasteiger partial charge in [-0.2, -0.15) is 23.8 Å². The maximum Gasteiger partial charge on any atom is 0.434 e. The van der Waals surface area contributed by atoms with Gasteiger partial charge in [-0.25, -0.2) is 9.37 Å². The van der Waals surface area contributed by atoms with Crippen molar-refractivity contribution < 1.29 is 31.3 Å². The number of hydrogen-bond donors (Lipinski definition) is 2. The number of pyridine rings is 1. The molecule has 3 aromatic rings. The predicted octanol–water partition coefficient (Wildman–Crippen LogP) is 7.61. The number of ether oxygens (including phenoxy) is 1. The molecule has 2 aromatic carbocycles. The van der Waals surface area contributed by atoms with Crippen molar-refractivity contribution in [2.24, 2.45) is 0 Å². The van der Waals surface area contributed by atoms with Crippen LogP contribution in [0.4, 0.5) is 23.2 Å². The number of halogens is 5. The van der Waals surface area contributed by atoms with Crippen LogP contribution in [0.15, 0.2) is 53.4 Å². The molecule has 0 fully saturated rings. The molecule has 0 unspecified atom stereocenters. The first-order valence-corrected chi connectivity index (χ1v) is 11.8. The maximum absolute atomic E-state index is 13.5. The number of rotatable bonds is 6. The Morgan fingerprint density at radius 2 is 1.86 bits per heavy atom. The summed E-state index contributed by atoms with van der Waals surface area (Å²) in [5, 5.41) is 1.60. The zero-order valence-electron chi connectivity index (χ0n) is 18.8. The van der Waals surface area contributed by atoms with Gasteiger partial charge in [0.15, 0.2) is 5.69 Å². The minimum atomic E-state index is -4.92. The van der Waals surface area contributed by atoms with Crippen LogP contribution in [0.3, 0.4) is 0 Å². The number of benzene rings is 2. The topological polar surface area (TPSA) is 92.1 Å². The van der Waals surface area contributed by atoms with Crippen LogP contribution in [0, 0.1) is 10.6 Å². The molecule has 0 spiro atoms. The number of carbonyl (C=O) groups excluding carboxylic acids is 1. The molecule has 0 atom stereocenters. The van der Waals surface area contributed by atoms with E-state index in [1.807, 2.05) is 13.8 Å². The van der Waals surface area contributed by atoms with E-state index in [4.69, 9.17) is 21.1 Å². The average molecular weight is 531 g/mol. The zero-order chi connectivity index (χ0) is 26.3. The Hall–Kier alpha value is -3.18. The lowest BCUT2D eigenvalue weighted by Gasteiger charge is -2.16. The highest BCUT2D eigenvalue weighted by atomic mass is 35.5. The largest absolute Gasteiger partial charge is 0.440 e. The van der Waals surface area contributed by atoms with Gasteiger partial charge >= 0.3 is 6.18 Å². The molecule has 0 saturated heterocycles. The molecular weight excluding hydrogens is 510 g/mol. The molecule has 6 nitrogen and oxygen atoms in total. The second kappa shape index (κ2) is 12.0. The minimum absolute atomic E-state index is 0.0162. The molecule has 3 rings (SSSR count). The minimum Gasteiger partial charge on any atom is -0.440 e. The summed E-state index contributed by atoms with van der Waals surface area (Å²) in [6, 6.07) is 9.75. The van der Waals surface area contributed by atoms with Gasteiger partial charge in [0.25, 0.3) is 5.91 Å². The lowest BCUT2D eigenvalue weighted by Crippen LogP contribution is -2.17. The van der Waals surface area contributed by atoms with Crippen molar-refractivity contribution >= 4 is 33.8 Å². The van der Waals surface area contributed by atoms with Crippen LogP contribution in [0.25, 0.3) is 0 Å². The Morgan fingerprint density at radius 1 is 1.17 bits per heavy atom. The number of aryl methyl sites for hydroxylation is 1. The van der Waals surface area contributed by atoms with Gasteiger partial charge in [-0.05, 0) is 42.3 Å². The third-order valence-corrected chi connectivity index (χ3v) is 5.34. The second-order valence-electron chi connectivity index (χ2n) is 6.63. The number of aromatic nitrogens is 1. The third-order valence-electron chi connectivity index (χ3n) is 4.37. The van der Waals surface area contributed by atoms with Crippen LogP contribution in [0.2, 0.25) is 5.02 Å². The molecule has 35 heavy (non-hydrogen) atoms. The first-order chi connectivity index (χ1) is 16.5. The smallest absolute Gasteiger partial charge is 0.434 e. The Morgan fingerprint density at radius 3 is 2.46 bits per heavy atom. The van der Waals surface area contributed by atoms with E-state index in [-0.39, 0.29) is 16.3 Å². The van der Waals surface area contributed by atoms with Gasteiger partial charge in [-0.15, -0.1) is 0 Å². The summed E-state index contributed by atoms with van der Waals surface area (Å²) in [5.74, 6) is -2.15. The summed E-state index contributed by atoms with van der Waals surface area (Å²) < 4.78 is 77.8. The van der Waals surface area contributed by atoms with Crippen molar-refractivity contribution in [2.45, 2.75) is 38.3 Å². The fourth-order valence-corrected chi connectivity index (χ4v) is 3.52. The Balaban J connectivity index is 0.00000210. The third kappa shape index (κ3) is 7.15. The lowest BCUT2D eigenvalue weighted by atomic mass is 10.1. The maximum atomic E-state index is 13.5. The molecule has 1 heterocycles. The van der Waals surface area contributed by atoms with Gasteiger partial charge in [0.05, 0.1) is 5.02 Å². The van der Waals surface area contributed by atoms with Crippen molar-refractivity contribution in [1.29, 1.82) is 4.78 Å². The van der Waals surface area contributed by atoms with Crippen LogP contribution in [-0.2, 0) is 27.4 Å². The van der Waals surface area contributed by atoms with Crippen molar-refractivity contribution in [3.8, 4) is 11.6 Å². The number of anilines is 1. The number of alkyl halides is 3. The molecule has 0 aliphatic rings. The Bertz CT molecular complexity index is 1290. The molecule has 0 aliphatic carbocycles. The van der Waals surface area contributed by atoms with E-state index in [9.17, 15) is 26.6 Å². The lowest BCUT2D eigenvalue weighted by molar-refractivity contribution is -0.141. The van der Waals surface area contributed by atoms with Crippen LogP contribution in [0.1, 0.15) is 42.4 Å². The summed E-state index contributed by atoms with van der Waals surface area (Å²) in [6.45, 7) is 5.69. The fourth-order valence-electron chi connectivity index (χ4n) is 2.83. The number of nitrogens with zero attached hydrogens (tertiary/aromatic N) is 1. The van der Waals surface area contributed by atoms with Crippen molar-refractivity contribution in [2.75, 3.05) is 5.32 Å². The highest BCUT2D eigenvalue weighted by molar-refractivity contribution is 7.73. The molecule has 188 valence electrons. The van der Waals surface area contributed by atoms with E-state index in [0.717, 1.165) is 18.2 Å². The highest BCUT2D eigenvalue weighted by Gasteiger charge is 2.37. The Labute approximate surface area is 206 Å². The summed E-state index contributed by atoms with van der Waals surface area (Å²) in [6.07, 6.45) is -4.63. The van der Waals surface area contributed by atoms with Crippen molar-refractivity contribution in [1.82, 2.24) is 4.98 Å². The molecule has 2 N–H and O–H groups in total. The van der Waals surface area contributed by atoms with Gasteiger partial charge in [0.2, 0.25) is 5.88 Å². The standard InChI is InChI=1S/C21H15ClF4N3O3S.C2H6/c1-2-11-8-12(23)6-7-17(11)32-20-15(10-16(22)18(29-20)21(24,25)26)19(30)28-13-4-3-5-14(9-13)33(27)31;1-2/h3-10,27H,2H2,1H3,(H,28,30);1-2H3/q-1;.